The van der Waals surface area contributed by atoms with Gasteiger partial charge in [0.1, 0.15) is 0 Å². The predicted octanol–water partition coefficient (Wildman–Crippen LogP) is 1.44. The number of hydrogen-bond acceptors (Lipinski definition) is 3. The lowest BCUT2D eigenvalue weighted by Gasteiger charge is -2.05. The SMILES string of the molecule is Cn1c(=O)n(CCC(=O)NCc2ccccn2)c2ccccc21. The van der Waals surface area contributed by atoms with Crippen molar-refractivity contribution in [3.63, 3.8) is 0 Å². The molecule has 0 saturated heterocycles. The molecule has 2 heterocycles. The molecule has 0 saturated carbocycles. The molecule has 0 atom stereocenters. The van der Waals surface area contributed by atoms with E-state index >= 15 is 0 Å². The molecule has 0 aliphatic heterocycles. The van der Waals surface area contributed by atoms with Gasteiger partial charge in [-0.2, -0.15) is 0 Å². The van der Waals surface area contributed by atoms with Crippen LogP contribution >= 0.6 is 0 Å². The molecule has 0 unspecified atom stereocenters. The number of imidazole rings is 1. The Labute approximate surface area is 133 Å². The summed E-state index contributed by atoms with van der Waals surface area (Å²) in [4.78, 5) is 28.4. The van der Waals surface area contributed by atoms with Crippen molar-refractivity contribution < 1.29 is 4.79 Å². The third-order valence-electron chi connectivity index (χ3n) is 3.81. The molecule has 1 aromatic carbocycles. The zero-order valence-electron chi connectivity index (χ0n) is 12.9. The van der Waals surface area contributed by atoms with Crippen LogP contribution in [-0.4, -0.2) is 20.0 Å². The number of hydrogen-bond donors (Lipinski definition) is 1. The van der Waals surface area contributed by atoms with Crippen LogP contribution in [0.3, 0.4) is 0 Å². The highest BCUT2D eigenvalue weighted by Gasteiger charge is 2.11. The van der Waals surface area contributed by atoms with E-state index in [1.807, 2.05) is 42.5 Å². The maximum absolute atomic E-state index is 12.3. The van der Waals surface area contributed by atoms with Gasteiger partial charge in [0.25, 0.3) is 0 Å². The van der Waals surface area contributed by atoms with E-state index in [4.69, 9.17) is 0 Å². The van der Waals surface area contributed by atoms with Crippen molar-refractivity contribution in [2.24, 2.45) is 7.05 Å². The zero-order valence-corrected chi connectivity index (χ0v) is 12.9. The lowest BCUT2D eigenvalue weighted by molar-refractivity contribution is -0.121. The average molecular weight is 310 g/mol. The Kier molecular flexibility index (Phi) is 4.23. The molecule has 0 bridgehead atoms. The first-order valence-corrected chi connectivity index (χ1v) is 7.47. The van der Waals surface area contributed by atoms with E-state index in [1.165, 1.54) is 0 Å². The van der Waals surface area contributed by atoms with Crippen LogP contribution in [0, 0.1) is 0 Å². The molecule has 2 aromatic heterocycles. The van der Waals surface area contributed by atoms with Crippen molar-refractivity contribution in [3.8, 4) is 0 Å². The maximum atomic E-state index is 12.3. The van der Waals surface area contributed by atoms with Gasteiger partial charge in [0, 0.05) is 26.2 Å². The highest BCUT2D eigenvalue weighted by atomic mass is 16.2. The third-order valence-corrected chi connectivity index (χ3v) is 3.81. The van der Waals surface area contributed by atoms with Crippen LogP contribution in [0.4, 0.5) is 0 Å². The van der Waals surface area contributed by atoms with E-state index in [0.717, 1.165) is 16.7 Å². The van der Waals surface area contributed by atoms with Gasteiger partial charge in [-0.25, -0.2) is 4.79 Å². The van der Waals surface area contributed by atoms with Crippen LogP contribution in [0.15, 0.2) is 53.5 Å². The minimum Gasteiger partial charge on any atom is -0.350 e. The van der Waals surface area contributed by atoms with Crippen molar-refractivity contribution in [1.29, 1.82) is 0 Å². The van der Waals surface area contributed by atoms with Crippen molar-refractivity contribution in [1.82, 2.24) is 19.4 Å². The standard InChI is InChI=1S/C17H18N4O2/c1-20-14-7-2-3-8-15(14)21(17(20)23)11-9-16(22)19-12-13-6-4-5-10-18-13/h2-8,10H,9,11-12H2,1H3,(H,19,22). The van der Waals surface area contributed by atoms with Crippen molar-refractivity contribution >= 4 is 16.9 Å². The zero-order chi connectivity index (χ0) is 16.2. The van der Waals surface area contributed by atoms with E-state index in [9.17, 15) is 9.59 Å². The second kappa shape index (κ2) is 6.48. The van der Waals surface area contributed by atoms with Crippen LogP contribution in [0.25, 0.3) is 11.0 Å². The summed E-state index contributed by atoms with van der Waals surface area (Å²) in [5.74, 6) is -0.101. The Morgan fingerprint density at radius 3 is 2.61 bits per heavy atom. The lowest BCUT2D eigenvalue weighted by atomic mass is 10.3. The van der Waals surface area contributed by atoms with Crippen LogP contribution in [0.1, 0.15) is 12.1 Å². The maximum Gasteiger partial charge on any atom is 0.328 e. The van der Waals surface area contributed by atoms with Crippen LogP contribution in [0.5, 0.6) is 0 Å². The lowest BCUT2D eigenvalue weighted by Crippen LogP contribution is -2.27. The summed E-state index contributed by atoms with van der Waals surface area (Å²) in [6.07, 6.45) is 1.94. The summed E-state index contributed by atoms with van der Waals surface area (Å²) in [6, 6.07) is 13.1. The Bertz CT molecular complexity index is 880. The number of para-hydroxylation sites is 2. The molecule has 0 spiro atoms. The molecule has 3 aromatic rings. The third kappa shape index (κ3) is 3.15. The van der Waals surface area contributed by atoms with Gasteiger partial charge in [-0.3, -0.25) is 18.9 Å². The monoisotopic (exact) mass is 310 g/mol. The number of benzene rings is 1. The Balaban J connectivity index is 1.66. The number of nitrogens with one attached hydrogen (secondary N) is 1. The molecule has 118 valence electrons. The fourth-order valence-corrected chi connectivity index (χ4v) is 2.57. The quantitative estimate of drug-likeness (QED) is 0.775. The first kappa shape index (κ1) is 15.0. The van der Waals surface area contributed by atoms with Crippen molar-refractivity contribution in [2.75, 3.05) is 0 Å². The number of amides is 1. The molecule has 1 N–H and O–H groups in total. The second-order valence-electron chi connectivity index (χ2n) is 5.33. The van der Waals surface area contributed by atoms with E-state index in [-0.39, 0.29) is 18.0 Å². The minimum atomic E-state index is -0.108. The number of aryl methyl sites for hydroxylation is 2. The first-order chi connectivity index (χ1) is 11.2. The Morgan fingerprint density at radius 2 is 1.87 bits per heavy atom. The summed E-state index contributed by atoms with van der Waals surface area (Å²) in [5.41, 5.74) is 2.41. The molecule has 0 aliphatic carbocycles. The van der Waals surface area contributed by atoms with E-state index in [1.54, 1.807) is 22.4 Å². The first-order valence-electron chi connectivity index (χ1n) is 7.47. The molecule has 0 fully saturated rings. The van der Waals surface area contributed by atoms with Gasteiger partial charge >= 0.3 is 5.69 Å². The number of pyridine rings is 1. The second-order valence-corrected chi connectivity index (χ2v) is 5.33. The number of fused-ring (bicyclic) bond motifs is 1. The molecule has 6 nitrogen and oxygen atoms in total. The number of rotatable bonds is 5. The topological polar surface area (TPSA) is 68.9 Å². The fraction of sp³-hybridized carbons (Fsp3) is 0.235. The predicted molar refractivity (Wildman–Crippen MR) is 87.9 cm³/mol. The van der Waals surface area contributed by atoms with Gasteiger partial charge in [-0.05, 0) is 24.3 Å². The molecule has 23 heavy (non-hydrogen) atoms. The highest BCUT2D eigenvalue weighted by Crippen LogP contribution is 2.11. The Hall–Kier alpha value is -2.89. The summed E-state index contributed by atoms with van der Waals surface area (Å²) in [6.45, 7) is 0.748. The summed E-state index contributed by atoms with van der Waals surface area (Å²) < 4.78 is 3.23. The number of carbonyl (C=O) groups excluding carboxylic acids is 1. The number of aromatic nitrogens is 3. The molecule has 3 rings (SSSR count). The van der Waals surface area contributed by atoms with Crippen LogP contribution in [0.2, 0.25) is 0 Å². The van der Waals surface area contributed by atoms with Gasteiger partial charge in [-0.15, -0.1) is 0 Å². The molecule has 6 heteroatoms. The number of nitrogens with zero attached hydrogens (tertiary/aromatic N) is 3. The van der Waals surface area contributed by atoms with Crippen LogP contribution < -0.4 is 11.0 Å². The molecule has 1 amide bonds. The average Bonchev–Trinajstić information content (AvgIpc) is 2.83. The van der Waals surface area contributed by atoms with Gasteiger partial charge in [0.05, 0.1) is 23.3 Å². The molecular weight excluding hydrogens is 292 g/mol. The Morgan fingerprint density at radius 1 is 1.13 bits per heavy atom. The van der Waals surface area contributed by atoms with Gasteiger partial charge in [0.2, 0.25) is 5.91 Å². The summed E-state index contributed by atoms with van der Waals surface area (Å²) >= 11 is 0. The van der Waals surface area contributed by atoms with Gasteiger partial charge in [0.15, 0.2) is 0 Å². The summed E-state index contributed by atoms with van der Waals surface area (Å²) in [7, 11) is 1.74. The largest absolute Gasteiger partial charge is 0.350 e. The van der Waals surface area contributed by atoms with Crippen molar-refractivity contribution in [2.45, 2.75) is 19.5 Å². The van der Waals surface area contributed by atoms with Crippen molar-refractivity contribution in [3.05, 3.63) is 64.8 Å². The molecular formula is C17H18N4O2. The van der Waals surface area contributed by atoms with E-state index in [0.29, 0.717) is 13.1 Å². The van der Waals surface area contributed by atoms with E-state index < -0.39 is 0 Å². The highest BCUT2D eigenvalue weighted by molar-refractivity contribution is 5.77. The van der Waals surface area contributed by atoms with Crippen LogP contribution in [-0.2, 0) is 24.9 Å². The normalized spacial score (nSPS) is 10.8. The smallest absolute Gasteiger partial charge is 0.328 e. The minimum absolute atomic E-state index is 0.101. The van der Waals surface area contributed by atoms with Gasteiger partial charge < -0.3 is 5.32 Å². The summed E-state index contributed by atoms with van der Waals surface area (Å²) in [5, 5.41) is 2.82. The van der Waals surface area contributed by atoms with Gasteiger partial charge in [-0.1, -0.05) is 18.2 Å². The molecule has 0 aliphatic rings. The van der Waals surface area contributed by atoms with E-state index in [2.05, 4.69) is 10.3 Å². The fourth-order valence-electron chi connectivity index (χ4n) is 2.57. The molecule has 0 radical (unpaired) electrons. The number of carbonyl (C=O) groups is 1.